The summed E-state index contributed by atoms with van der Waals surface area (Å²) in [7, 11) is 2.03. The highest BCUT2D eigenvalue weighted by molar-refractivity contribution is 5.17. The number of nitrogens with one attached hydrogen (secondary N) is 1. The van der Waals surface area contributed by atoms with Crippen LogP contribution < -0.4 is 5.32 Å². The van der Waals surface area contributed by atoms with Gasteiger partial charge in [-0.2, -0.15) is 5.10 Å². The van der Waals surface area contributed by atoms with Gasteiger partial charge in [-0.1, -0.05) is 19.3 Å². The lowest BCUT2D eigenvalue weighted by molar-refractivity contribution is 0.0207. The summed E-state index contributed by atoms with van der Waals surface area (Å²) in [5, 5.41) is 8.01. The Hall–Kier alpha value is -0.870. The van der Waals surface area contributed by atoms with E-state index in [-0.39, 0.29) is 0 Å². The number of nitrogens with zero attached hydrogens (tertiary/aromatic N) is 3. The van der Waals surface area contributed by atoms with Gasteiger partial charge in [0.2, 0.25) is 0 Å². The molecule has 1 aliphatic heterocycles. The summed E-state index contributed by atoms with van der Waals surface area (Å²) < 4.78 is 1.99. The third-order valence-corrected chi connectivity index (χ3v) is 5.17. The fourth-order valence-electron chi connectivity index (χ4n) is 3.74. The van der Waals surface area contributed by atoms with Gasteiger partial charge in [-0.05, 0) is 19.8 Å². The number of aromatic nitrogens is 2. The third kappa shape index (κ3) is 2.43. The molecule has 0 aromatic carbocycles. The van der Waals surface area contributed by atoms with Gasteiger partial charge < -0.3 is 5.32 Å². The van der Waals surface area contributed by atoms with E-state index in [4.69, 9.17) is 0 Å². The van der Waals surface area contributed by atoms with E-state index in [1.807, 2.05) is 17.9 Å². The van der Waals surface area contributed by atoms with E-state index in [1.54, 1.807) is 0 Å². The fourth-order valence-corrected chi connectivity index (χ4v) is 3.74. The van der Waals surface area contributed by atoms with Gasteiger partial charge in [-0.3, -0.25) is 9.58 Å². The summed E-state index contributed by atoms with van der Waals surface area (Å²) >= 11 is 0. The summed E-state index contributed by atoms with van der Waals surface area (Å²) in [4.78, 5) is 2.73. The van der Waals surface area contributed by atoms with Crippen molar-refractivity contribution in [2.75, 3.05) is 19.6 Å². The zero-order valence-electron chi connectivity index (χ0n) is 12.3. The van der Waals surface area contributed by atoms with Crippen molar-refractivity contribution in [2.45, 2.75) is 51.1 Å². The molecule has 2 fully saturated rings. The Labute approximate surface area is 116 Å². The zero-order valence-corrected chi connectivity index (χ0v) is 12.3. The fraction of sp³-hybridized carbons (Fsp3) is 0.800. The van der Waals surface area contributed by atoms with Crippen LogP contribution in [0.1, 0.15) is 43.4 Å². The van der Waals surface area contributed by atoms with Crippen molar-refractivity contribution < 1.29 is 0 Å². The van der Waals surface area contributed by atoms with Crippen LogP contribution in [0.2, 0.25) is 0 Å². The van der Waals surface area contributed by atoms with E-state index in [9.17, 15) is 0 Å². The quantitative estimate of drug-likeness (QED) is 0.883. The van der Waals surface area contributed by atoms with Gasteiger partial charge in [-0.15, -0.1) is 0 Å². The number of piperazine rings is 1. The number of aryl methyl sites for hydroxylation is 1. The second kappa shape index (κ2) is 5.25. The molecule has 0 atom stereocenters. The van der Waals surface area contributed by atoms with E-state index < -0.39 is 0 Å². The van der Waals surface area contributed by atoms with Gasteiger partial charge in [0.15, 0.2) is 0 Å². The molecular weight excluding hydrogens is 236 g/mol. The lowest BCUT2D eigenvalue weighted by Gasteiger charge is -2.50. The summed E-state index contributed by atoms with van der Waals surface area (Å²) in [5.41, 5.74) is 3.12. The maximum absolute atomic E-state index is 4.39. The van der Waals surface area contributed by atoms with E-state index in [1.165, 1.54) is 56.5 Å². The van der Waals surface area contributed by atoms with Gasteiger partial charge in [0, 0.05) is 50.0 Å². The van der Waals surface area contributed by atoms with E-state index in [0.29, 0.717) is 5.54 Å². The summed E-state index contributed by atoms with van der Waals surface area (Å²) in [6.07, 6.45) is 8.97. The molecule has 2 aliphatic rings. The van der Waals surface area contributed by atoms with Crippen LogP contribution in [0.4, 0.5) is 0 Å². The van der Waals surface area contributed by atoms with Gasteiger partial charge >= 0.3 is 0 Å². The van der Waals surface area contributed by atoms with Crippen LogP contribution in [-0.2, 0) is 13.6 Å². The highest BCUT2D eigenvalue weighted by Gasteiger charge is 2.39. The van der Waals surface area contributed by atoms with Crippen LogP contribution in [0.3, 0.4) is 0 Å². The summed E-state index contributed by atoms with van der Waals surface area (Å²) in [6, 6.07) is 0. The first-order valence-corrected chi connectivity index (χ1v) is 7.65. The predicted molar refractivity (Wildman–Crippen MR) is 77.0 cm³/mol. The normalized spacial score (nSPS) is 23.9. The molecule has 1 aliphatic carbocycles. The minimum atomic E-state index is 0.415. The Bertz CT molecular complexity index is 423. The molecule has 4 heteroatoms. The Morgan fingerprint density at radius 2 is 2.11 bits per heavy atom. The predicted octanol–water partition coefficient (Wildman–Crippen LogP) is 1.84. The van der Waals surface area contributed by atoms with Crippen molar-refractivity contribution in [3.05, 3.63) is 17.5 Å². The first kappa shape index (κ1) is 13.1. The summed E-state index contributed by atoms with van der Waals surface area (Å²) in [5.74, 6) is 0. The number of hydrogen-bond donors (Lipinski definition) is 1. The second-order valence-electron chi connectivity index (χ2n) is 6.26. The Kier molecular flexibility index (Phi) is 3.63. The molecule has 0 bridgehead atoms. The molecule has 3 rings (SSSR count). The first-order chi connectivity index (χ1) is 9.21. The SMILES string of the molecule is Cc1c(CN2CCNCC23CCCCC3)cnn1C. The third-order valence-electron chi connectivity index (χ3n) is 5.17. The molecule has 2 heterocycles. The molecule has 1 aromatic heterocycles. The van der Waals surface area contributed by atoms with Gasteiger partial charge in [0.05, 0.1) is 6.20 Å². The van der Waals surface area contributed by atoms with Gasteiger partial charge in [0.1, 0.15) is 0 Å². The van der Waals surface area contributed by atoms with Gasteiger partial charge in [0.25, 0.3) is 0 Å². The molecule has 0 radical (unpaired) electrons. The van der Waals surface area contributed by atoms with Crippen LogP contribution >= 0.6 is 0 Å². The summed E-state index contributed by atoms with van der Waals surface area (Å²) in [6.45, 7) is 6.72. The molecule has 19 heavy (non-hydrogen) atoms. The highest BCUT2D eigenvalue weighted by Crippen LogP contribution is 2.35. The van der Waals surface area contributed by atoms with Crippen molar-refractivity contribution in [1.29, 1.82) is 0 Å². The maximum Gasteiger partial charge on any atom is 0.0537 e. The van der Waals surface area contributed by atoms with Crippen molar-refractivity contribution in [3.63, 3.8) is 0 Å². The van der Waals surface area contributed by atoms with Crippen LogP contribution in [0, 0.1) is 6.92 Å². The Morgan fingerprint density at radius 1 is 1.32 bits per heavy atom. The Morgan fingerprint density at radius 3 is 2.79 bits per heavy atom. The first-order valence-electron chi connectivity index (χ1n) is 7.65. The van der Waals surface area contributed by atoms with Crippen molar-refractivity contribution in [3.8, 4) is 0 Å². The zero-order chi connectivity index (χ0) is 13.3. The molecule has 1 N–H and O–H groups in total. The van der Waals surface area contributed by atoms with E-state index in [0.717, 1.165) is 13.1 Å². The lowest BCUT2D eigenvalue weighted by atomic mass is 9.79. The standard InChI is InChI=1S/C15H26N4/c1-13-14(10-17-18(13)2)11-19-9-8-16-12-15(19)6-4-3-5-7-15/h10,16H,3-9,11-12H2,1-2H3. The highest BCUT2D eigenvalue weighted by atomic mass is 15.3. The average Bonchev–Trinajstić information content (AvgIpc) is 2.75. The smallest absolute Gasteiger partial charge is 0.0537 e. The van der Waals surface area contributed by atoms with Crippen molar-refractivity contribution >= 4 is 0 Å². The molecule has 1 spiro atoms. The minimum absolute atomic E-state index is 0.415. The average molecular weight is 262 g/mol. The molecule has 1 saturated heterocycles. The minimum Gasteiger partial charge on any atom is -0.314 e. The Balaban J connectivity index is 1.79. The van der Waals surface area contributed by atoms with E-state index >= 15 is 0 Å². The molecule has 0 unspecified atom stereocenters. The van der Waals surface area contributed by atoms with Crippen LogP contribution in [0.5, 0.6) is 0 Å². The largest absolute Gasteiger partial charge is 0.314 e. The van der Waals surface area contributed by atoms with Crippen molar-refractivity contribution in [1.82, 2.24) is 20.0 Å². The second-order valence-corrected chi connectivity index (χ2v) is 6.26. The van der Waals surface area contributed by atoms with Crippen LogP contribution in [0.25, 0.3) is 0 Å². The lowest BCUT2D eigenvalue weighted by Crippen LogP contribution is -2.61. The molecule has 1 saturated carbocycles. The van der Waals surface area contributed by atoms with Crippen molar-refractivity contribution in [2.24, 2.45) is 7.05 Å². The molecule has 1 aromatic rings. The number of hydrogen-bond acceptors (Lipinski definition) is 3. The topological polar surface area (TPSA) is 33.1 Å². The van der Waals surface area contributed by atoms with Crippen LogP contribution in [-0.4, -0.2) is 39.9 Å². The molecule has 4 nitrogen and oxygen atoms in total. The molecular formula is C15H26N4. The van der Waals surface area contributed by atoms with Gasteiger partial charge in [-0.25, -0.2) is 0 Å². The number of rotatable bonds is 2. The van der Waals surface area contributed by atoms with E-state index in [2.05, 4.69) is 22.2 Å². The molecule has 0 amide bonds. The monoisotopic (exact) mass is 262 g/mol. The van der Waals surface area contributed by atoms with Crippen LogP contribution in [0.15, 0.2) is 6.20 Å². The maximum atomic E-state index is 4.39. The molecule has 106 valence electrons.